The molecule has 0 saturated carbocycles. The van der Waals surface area contributed by atoms with E-state index in [9.17, 15) is 0 Å². The molecule has 1 aromatic carbocycles. The number of rotatable bonds is 2. The van der Waals surface area contributed by atoms with Crippen LogP contribution in [0.15, 0.2) is 24.3 Å². The minimum atomic E-state index is 0.563. The summed E-state index contributed by atoms with van der Waals surface area (Å²) in [5.41, 5.74) is 7.24. The molecule has 0 amide bonds. The number of aryl methyl sites for hydroxylation is 1. The molecule has 0 radical (unpaired) electrons. The zero-order chi connectivity index (χ0) is 18.5. The average Bonchev–Trinajstić information content (AvgIpc) is 3.04. The Kier molecular flexibility index (Phi) is 4.23. The van der Waals surface area contributed by atoms with E-state index >= 15 is 0 Å². The molecular formula is C24H27NOS. The van der Waals surface area contributed by atoms with Crippen molar-refractivity contribution >= 4 is 21.6 Å². The van der Waals surface area contributed by atoms with E-state index in [1.807, 2.05) is 11.3 Å². The second kappa shape index (κ2) is 6.63. The van der Waals surface area contributed by atoms with Crippen LogP contribution in [0.5, 0.6) is 5.75 Å². The van der Waals surface area contributed by atoms with Crippen LogP contribution in [0.1, 0.15) is 60.7 Å². The quantitative estimate of drug-likeness (QED) is 0.506. The molecule has 2 heterocycles. The van der Waals surface area contributed by atoms with E-state index in [-0.39, 0.29) is 0 Å². The first-order valence-corrected chi connectivity index (χ1v) is 11.1. The van der Waals surface area contributed by atoms with E-state index in [1.54, 1.807) is 17.6 Å². The van der Waals surface area contributed by atoms with Gasteiger partial charge in [0.15, 0.2) is 0 Å². The Morgan fingerprint density at radius 2 is 1.85 bits per heavy atom. The molecule has 0 bridgehead atoms. The predicted octanol–water partition coefficient (Wildman–Crippen LogP) is 6.54. The summed E-state index contributed by atoms with van der Waals surface area (Å²) >= 11 is 1.96. The Bertz CT molecular complexity index is 1000. The van der Waals surface area contributed by atoms with Crippen LogP contribution in [0.3, 0.4) is 0 Å². The maximum atomic E-state index is 5.40. The molecule has 0 fully saturated rings. The zero-order valence-corrected chi connectivity index (χ0v) is 17.3. The van der Waals surface area contributed by atoms with E-state index < -0.39 is 0 Å². The fourth-order valence-corrected chi connectivity index (χ4v) is 6.39. The predicted molar refractivity (Wildman–Crippen MR) is 114 cm³/mol. The number of methoxy groups -OCH3 is 1. The molecule has 2 aliphatic rings. The molecule has 0 aliphatic heterocycles. The van der Waals surface area contributed by atoms with Crippen molar-refractivity contribution in [2.45, 2.75) is 58.3 Å². The summed E-state index contributed by atoms with van der Waals surface area (Å²) in [6.07, 6.45) is 7.41. The van der Waals surface area contributed by atoms with Gasteiger partial charge in [-0.3, -0.25) is 0 Å². The Balaban J connectivity index is 1.82. The molecular weight excluding hydrogens is 350 g/mol. The van der Waals surface area contributed by atoms with Crippen molar-refractivity contribution < 1.29 is 4.74 Å². The molecule has 2 unspecified atom stereocenters. The van der Waals surface area contributed by atoms with Crippen molar-refractivity contribution in [2.75, 3.05) is 7.11 Å². The van der Waals surface area contributed by atoms with Crippen LogP contribution in [0.25, 0.3) is 21.3 Å². The van der Waals surface area contributed by atoms with Crippen LogP contribution in [0.4, 0.5) is 0 Å². The first-order valence-electron chi connectivity index (χ1n) is 10.3. The maximum Gasteiger partial charge on any atom is 0.124 e. The third kappa shape index (κ3) is 2.79. The number of pyridine rings is 1. The molecule has 3 aromatic rings. The molecule has 0 N–H and O–H groups in total. The van der Waals surface area contributed by atoms with Gasteiger partial charge in [-0.05, 0) is 84.7 Å². The molecule has 2 nitrogen and oxygen atoms in total. The van der Waals surface area contributed by atoms with Crippen LogP contribution >= 0.6 is 11.3 Å². The third-order valence-electron chi connectivity index (χ3n) is 6.49. The van der Waals surface area contributed by atoms with Crippen molar-refractivity contribution in [3.8, 4) is 16.9 Å². The highest BCUT2D eigenvalue weighted by Crippen LogP contribution is 2.47. The van der Waals surface area contributed by atoms with Gasteiger partial charge in [0.25, 0.3) is 0 Å². The molecule has 2 atom stereocenters. The molecule has 0 spiro atoms. The standard InChI is InChI=1S/C24H27NOS/c1-14-7-12-18-20(13-14)27-24-22(18)21(16-8-10-17(26-3)11-9-16)19-6-4-5-15(2)23(19)25-24/h8-11,14-15H,4-7,12-13H2,1-3H3. The van der Waals surface area contributed by atoms with Gasteiger partial charge in [0, 0.05) is 16.0 Å². The Labute approximate surface area is 165 Å². The van der Waals surface area contributed by atoms with Crippen LogP contribution in [0.2, 0.25) is 0 Å². The van der Waals surface area contributed by atoms with Crippen LogP contribution < -0.4 is 4.74 Å². The Morgan fingerprint density at radius 3 is 2.63 bits per heavy atom. The smallest absolute Gasteiger partial charge is 0.124 e. The summed E-state index contributed by atoms with van der Waals surface area (Å²) in [6, 6.07) is 8.67. The highest BCUT2D eigenvalue weighted by atomic mass is 32.1. The topological polar surface area (TPSA) is 22.1 Å². The summed E-state index contributed by atoms with van der Waals surface area (Å²) in [5.74, 6) is 2.28. The van der Waals surface area contributed by atoms with Gasteiger partial charge in [0.05, 0.1) is 7.11 Å². The molecule has 27 heavy (non-hydrogen) atoms. The minimum Gasteiger partial charge on any atom is -0.497 e. The number of ether oxygens (including phenoxy) is 1. The van der Waals surface area contributed by atoms with E-state index in [1.165, 1.54) is 64.7 Å². The second-order valence-corrected chi connectivity index (χ2v) is 9.49. The number of hydrogen-bond acceptors (Lipinski definition) is 3. The van der Waals surface area contributed by atoms with E-state index in [0.29, 0.717) is 5.92 Å². The van der Waals surface area contributed by atoms with Gasteiger partial charge in [0.2, 0.25) is 0 Å². The van der Waals surface area contributed by atoms with Gasteiger partial charge in [-0.2, -0.15) is 0 Å². The fourth-order valence-electron chi connectivity index (χ4n) is 4.99. The van der Waals surface area contributed by atoms with Crippen LogP contribution in [-0.2, 0) is 19.3 Å². The van der Waals surface area contributed by atoms with Gasteiger partial charge in [0.1, 0.15) is 10.6 Å². The van der Waals surface area contributed by atoms with E-state index in [2.05, 4.69) is 38.1 Å². The lowest BCUT2D eigenvalue weighted by Crippen LogP contribution is -2.12. The lowest BCUT2D eigenvalue weighted by molar-refractivity contribution is 0.415. The van der Waals surface area contributed by atoms with Gasteiger partial charge in [-0.1, -0.05) is 26.0 Å². The lowest BCUT2D eigenvalue weighted by atomic mass is 9.81. The number of nitrogens with zero attached hydrogens (tertiary/aromatic N) is 1. The number of fused-ring (bicyclic) bond motifs is 4. The Hall–Kier alpha value is -1.87. The van der Waals surface area contributed by atoms with Gasteiger partial charge in [-0.15, -0.1) is 11.3 Å². The van der Waals surface area contributed by atoms with Crippen LogP contribution in [0, 0.1) is 5.92 Å². The fraction of sp³-hybridized carbons (Fsp3) is 0.458. The summed E-state index contributed by atoms with van der Waals surface area (Å²) in [6.45, 7) is 4.74. The van der Waals surface area contributed by atoms with Gasteiger partial charge in [-0.25, -0.2) is 4.98 Å². The summed E-state index contributed by atoms with van der Waals surface area (Å²) in [7, 11) is 1.74. The number of aromatic nitrogens is 1. The first kappa shape index (κ1) is 17.2. The second-order valence-electron chi connectivity index (χ2n) is 8.40. The van der Waals surface area contributed by atoms with Crippen molar-refractivity contribution in [3.05, 3.63) is 46.0 Å². The monoisotopic (exact) mass is 377 g/mol. The normalized spacial score (nSPS) is 21.7. The van der Waals surface area contributed by atoms with Crippen molar-refractivity contribution in [3.63, 3.8) is 0 Å². The molecule has 3 heteroatoms. The minimum absolute atomic E-state index is 0.563. The highest BCUT2D eigenvalue weighted by molar-refractivity contribution is 7.19. The van der Waals surface area contributed by atoms with Crippen molar-refractivity contribution in [2.24, 2.45) is 5.92 Å². The van der Waals surface area contributed by atoms with E-state index in [0.717, 1.165) is 18.1 Å². The summed E-state index contributed by atoms with van der Waals surface area (Å²) < 4.78 is 5.40. The van der Waals surface area contributed by atoms with Crippen LogP contribution in [-0.4, -0.2) is 12.1 Å². The molecule has 2 aliphatic carbocycles. The van der Waals surface area contributed by atoms with Gasteiger partial charge < -0.3 is 4.74 Å². The largest absolute Gasteiger partial charge is 0.497 e. The van der Waals surface area contributed by atoms with E-state index in [4.69, 9.17) is 9.72 Å². The van der Waals surface area contributed by atoms with Crippen molar-refractivity contribution in [1.29, 1.82) is 0 Å². The average molecular weight is 378 g/mol. The summed E-state index contributed by atoms with van der Waals surface area (Å²) in [4.78, 5) is 8.10. The number of hydrogen-bond donors (Lipinski definition) is 0. The number of thiophene rings is 1. The molecule has 2 aromatic heterocycles. The third-order valence-corrected chi connectivity index (χ3v) is 7.63. The molecule has 5 rings (SSSR count). The number of benzene rings is 1. The SMILES string of the molecule is COc1ccc(-c2c3c(nc4sc5c(c24)CCC(C)C5)C(C)CCC3)cc1. The maximum absolute atomic E-state index is 5.40. The van der Waals surface area contributed by atoms with Crippen molar-refractivity contribution in [1.82, 2.24) is 4.98 Å². The highest BCUT2D eigenvalue weighted by Gasteiger charge is 2.29. The lowest BCUT2D eigenvalue weighted by Gasteiger charge is -2.25. The first-order chi connectivity index (χ1) is 13.2. The Morgan fingerprint density at radius 1 is 1.04 bits per heavy atom. The molecule has 140 valence electrons. The van der Waals surface area contributed by atoms with Gasteiger partial charge >= 0.3 is 0 Å². The molecule has 0 saturated heterocycles. The summed E-state index contributed by atoms with van der Waals surface area (Å²) in [5, 5.41) is 1.46. The zero-order valence-electron chi connectivity index (χ0n) is 16.5.